The highest BCUT2D eigenvalue weighted by atomic mass is 19.1. The number of rotatable bonds is 8. The van der Waals surface area contributed by atoms with Gasteiger partial charge in [0.25, 0.3) is 11.6 Å². The largest absolute Gasteiger partial charge is 0.493 e. The van der Waals surface area contributed by atoms with Crippen molar-refractivity contribution in [2.75, 3.05) is 25.6 Å². The Labute approximate surface area is 159 Å². The number of benzene rings is 2. The summed E-state index contributed by atoms with van der Waals surface area (Å²) in [6.07, 6.45) is 0. The quantitative estimate of drug-likeness (QED) is 0.417. The van der Waals surface area contributed by atoms with Crippen molar-refractivity contribution in [3.8, 4) is 11.5 Å². The van der Waals surface area contributed by atoms with Crippen molar-refractivity contribution in [3.05, 3.63) is 57.9 Å². The number of nitro benzene ring substituents is 1. The van der Waals surface area contributed by atoms with Crippen LogP contribution in [0.4, 0.5) is 15.8 Å². The van der Waals surface area contributed by atoms with Crippen LogP contribution in [0.1, 0.15) is 17.3 Å². The van der Waals surface area contributed by atoms with Crippen molar-refractivity contribution in [3.63, 3.8) is 0 Å². The summed E-state index contributed by atoms with van der Waals surface area (Å²) in [5, 5.41) is 13.7. The molecule has 0 fully saturated rings. The first kappa shape index (κ1) is 20.6. The minimum Gasteiger partial charge on any atom is -0.493 e. The molecule has 0 saturated heterocycles. The molecule has 0 aromatic heterocycles. The van der Waals surface area contributed by atoms with Crippen molar-refractivity contribution in [1.29, 1.82) is 0 Å². The van der Waals surface area contributed by atoms with Gasteiger partial charge in [-0.15, -0.1) is 0 Å². The Morgan fingerprint density at radius 2 is 1.86 bits per heavy atom. The van der Waals surface area contributed by atoms with E-state index >= 15 is 0 Å². The van der Waals surface area contributed by atoms with Gasteiger partial charge in [-0.2, -0.15) is 0 Å². The van der Waals surface area contributed by atoms with E-state index in [0.717, 1.165) is 24.3 Å². The van der Waals surface area contributed by atoms with Crippen molar-refractivity contribution in [2.24, 2.45) is 0 Å². The van der Waals surface area contributed by atoms with Crippen LogP contribution in [0.5, 0.6) is 11.5 Å². The van der Waals surface area contributed by atoms with Gasteiger partial charge in [-0.25, -0.2) is 9.18 Å². The van der Waals surface area contributed by atoms with Crippen LogP contribution in [0.15, 0.2) is 36.4 Å². The van der Waals surface area contributed by atoms with Gasteiger partial charge in [-0.1, -0.05) is 0 Å². The number of nitrogens with zero attached hydrogens (tertiary/aromatic N) is 1. The summed E-state index contributed by atoms with van der Waals surface area (Å²) in [5.41, 5.74) is -0.635. The molecular formula is C18H17FN2O7. The average Bonchev–Trinajstić information content (AvgIpc) is 2.67. The van der Waals surface area contributed by atoms with Crippen molar-refractivity contribution in [2.45, 2.75) is 6.92 Å². The number of nitrogens with one attached hydrogen (secondary N) is 1. The maximum atomic E-state index is 12.9. The van der Waals surface area contributed by atoms with Crippen LogP contribution < -0.4 is 14.8 Å². The van der Waals surface area contributed by atoms with Crippen LogP contribution in [0, 0.1) is 15.9 Å². The van der Waals surface area contributed by atoms with Crippen LogP contribution in [0.25, 0.3) is 0 Å². The van der Waals surface area contributed by atoms with Gasteiger partial charge in [-0.05, 0) is 31.2 Å². The molecule has 0 aliphatic heterocycles. The molecule has 148 valence electrons. The van der Waals surface area contributed by atoms with Gasteiger partial charge in [-0.3, -0.25) is 14.9 Å². The molecule has 1 N–H and O–H groups in total. The van der Waals surface area contributed by atoms with E-state index in [1.54, 1.807) is 6.92 Å². The Bertz CT molecular complexity index is 884. The molecule has 1 amide bonds. The zero-order valence-corrected chi connectivity index (χ0v) is 15.1. The first-order valence-electron chi connectivity index (χ1n) is 8.07. The Morgan fingerprint density at radius 3 is 2.43 bits per heavy atom. The summed E-state index contributed by atoms with van der Waals surface area (Å²) in [7, 11) is 1.30. The predicted molar refractivity (Wildman–Crippen MR) is 96.1 cm³/mol. The fourth-order valence-corrected chi connectivity index (χ4v) is 2.23. The third-order valence-corrected chi connectivity index (χ3v) is 3.46. The SMILES string of the molecule is CCOc1cc(C(=O)OCC(=O)Nc2ccc(F)cc2)c([N+](=O)[O-])cc1OC. The second kappa shape index (κ2) is 9.31. The molecule has 0 bridgehead atoms. The molecule has 0 atom stereocenters. The number of methoxy groups -OCH3 is 1. The normalized spacial score (nSPS) is 10.1. The first-order valence-corrected chi connectivity index (χ1v) is 8.07. The molecule has 9 nitrogen and oxygen atoms in total. The third-order valence-electron chi connectivity index (χ3n) is 3.46. The van der Waals surface area contributed by atoms with E-state index in [4.69, 9.17) is 14.2 Å². The van der Waals surface area contributed by atoms with Gasteiger partial charge < -0.3 is 19.5 Å². The number of amides is 1. The monoisotopic (exact) mass is 392 g/mol. The van der Waals surface area contributed by atoms with Gasteiger partial charge in [0.2, 0.25) is 0 Å². The van der Waals surface area contributed by atoms with Gasteiger partial charge in [0.05, 0.1) is 24.7 Å². The van der Waals surface area contributed by atoms with Crippen molar-refractivity contribution >= 4 is 23.3 Å². The lowest BCUT2D eigenvalue weighted by Crippen LogP contribution is -2.21. The van der Waals surface area contributed by atoms with E-state index in [9.17, 15) is 24.1 Å². The molecule has 0 radical (unpaired) electrons. The van der Waals surface area contributed by atoms with E-state index in [2.05, 4.69) is 5.32 Å². The fourth-order valence-electron chi connectivity index (χ4n) is 2.23. The smallest absolute Gasteiger partial charge is 0.345 e. The standard InChI is InChI=1S/C18H17FN2O7/c1-3-27-16-8-13(14(21(24)25)9-15(16)26-2)18(23)28-10-17(22)20-12-6-4-11(19)5-7-12/h4-9H,3,10H2,1-2H3,(H,20,22). The summed E-state index contributed by atoms with van der Waals surface area (Å²) < 4.78 is 28.0. The minimum atomic E-state index is -1.08. The second-order valence-electron chi connectivity index (χ2n) is 5.34. The number of ether oxygens (including phenoxy) is 3. The van der Waals surface area contributed by atoms with Crippen molar-refractivity contribution in [1.82, 2.24) is 0 Å². The number of carbonyl (C=O) groups is 2. The average molecular weight is 392 g/mol. The highest BCUT2D eigenvalue weighted by Crippen LogP contribution is 2.35. The molecule has 0 saturated carbocycles. The molecule has 0 aliphatic carbocycles. The molecule has 10 heteroatoms. The molecule has 0 spiro atoms. The number of nitro groups is 1. The summed E-state index contributed by atoms with van der Waals surface area (Å²) in [5.74, 6) is -2.04. The maximum absolute atomic E-state index is 12.9. The topological polar surface area (TPSA) is 117 Å². The van der Waals surface area contributed by atoms with Crippen LogP contribution in [0.3, 0.4) is 0 Å². The van der Waals surface area contributed by atoms with Crippen molar-refractivity contribution < 1.29 is 33.1 Å². The zero-order chi connectivity index (χ0) is 20.7. The Morgan fingerprint density at radius 1 is 1.18 bits per heavy atom. The van der Waals surface area contributed by atoms with E-state index in [0.29, 0.717) is 5.69 Å². The van der Waals surface area contributed by atoms with E-state index < -0.39 is 34.9 Å². The predicted octanol–water partition coefficient (Wildman–Crippen LogP) is 2.94. The zero-order valence-electron chi connectivity index (χ0n) is 15.1. The lowest BCUT2D eigenvalue weighted by atomic mass is 10.1. The van der Waals surface area contributed by atoms with Gasteiger partial charge in [0.1, 0.15) is 11.4 Å². The van der Waals surface area contributed by atoms with Crippen LogP contribution >= 0.6 is 0 Å². The maximum Gasteiger partial charge on any atom is 0.345 e. The fraction of sp³-hybridized carbons (Fsp3) is 0.222. The summed E-state index contributed by atoms with van der Waals surface area (Å²) in [4.78, 5) is 34.6. The molecule has 2 aromatic carbocycles. The first-order chi connectivity index (χ1) is 13.3. The molecule has 0 aliphatic rings. The number of hydrogen-bond donors (Lipinski definition) is 1. The van der Waals surface area contributed by atoms with E-state index in [-0.39, 0.29) is 23.7 Å². The number of anilines is 1. The minimum absolute atomic E-state index is 0.0825. The van der Waals surface area contributed by atoms with Crippen LogP contribution in [-0.4, -0.2) is 37.1 Å². The summed E-state index contributed by atoms with van der Waals surface area (Å²) in [6, 6.07) is 7.13. The van der Waals surface area contributed by atoms with E-state index in [1.807, 2.05) is 0 Å². The number of halogens is 1. The number of esters is 1. The van der Waals surface area contributed by atoms with Crippen LogP contribution in [-0.2, 0) is 9.53 Å². The lowest BCUT2D eigenvalue weighted by molar-refractivity contribution is -0.385. The highest BCUT2D eigenvalue weighted by Gasteiger charge is 2.26. The summed E-state index contributed by atoms with van der Waals surface area (Å²) in [6.45, 7) is 1.24. The molecule has 28 heavy (non-hydrogen) atoms. The molecular weight excluding hydrogens is 375 g/mol. The molecule has 2 rings (SSSR count). The second-order valence-corrected chi connectivity index (χ2v) is 5.34. The number of carbonyl (C=O) groups excluding carboxylic acids is 2. The Kier molecular flexibility index (Phi) is 6.85. The Hall–Kier alpha value is -3.69. The van der Waals surface area contributed by atoms with Gasteiger partial charge in [0, 0.05) is 11.8 Å². The van der Waals surface area contributed by atoms with Gasteiger partial charge >= 0.3 is 5.97 Å². The van der Waals surface area contributed by atoms with Gasteiger partial charge in [0.15, 0.2) is 18.1 Å². The third kappa shape index (κ3) is 5.16. The van der Waals surface area contributed by atoms with Crippen LogP contribution in [0.2, 0.25) is 0 Å². The molecule has 2 aromatic rings. The summed E-state index contributed by atoms with van der Waals surface area (Å²) >= 11 is 0. The lowest BCUT2D eigenvalue weighted by Gasteiger charge is -2.12. The Balaban J connectivity index is 2.13. The van der Waals surface area contributed by atoms with E-state index in [1.165, 1.54) is 19.2 Å². The number of hydrogen-bond acceptors (Lipinski definition) is 7. The molecule has 0 unspecified atom stereocenters. The highest BCUT2D eigenvalue weighted by molar-refractivity contribution is 5.98. The molecule has 0 heterocycles.